The van der Waals surface area contributed by atoms with Crippen LogP contribution in [-0.2, 0) is 4.74 Å². The van der Waals surface area contributed by atoms with Crippen LogP contribution in [0.4, 0.5) is 0 Å². The van der Waals surface area contributed by atoms with E-state index in [1.807, 2.05) is 0 Å². The Hall–Kier alpha value is 0.570. The molecule has 0 aromatic rings. The van der Waals surface area contributed by atoms with Gasteiger partial charge in [-0.25, -0.2) is 0 Å². The molecule has 5 atom stereocenters. The quantitative estimate of drug-likeness (QED) is 0.449. The van der Waals surface area contributed by atoms with Crippen LogP contribution in [0.2, 0.25) is 0 Å². The molecule has 0 aromatic heterocycles. The lowest BCUT2D eigenvalue weighted by atomic mass is 9.91. The van der Waals surface area contributed by atoms with Crippen LogP contribution in [0.5, 0.6) is 0 Å². The van der Waals surface area contributed by atoms with E-state index in [1.54, 1.807) is 6.92 Å². The van der Waals surface area contributed by atoms with Crippen molar-refractivity contribution in [1.82, 2.24) is 0 Å². The molecule has 72 valence electrons. The molecule has 12 heavy (non-hydrogen) atoms. The van der Waals surface area contributed by atoms with Crippen LogP contribution in [0, 0.1) is 5.92 Å². The molecule has 1 aliphatic rings. The Morgan fingerprint density at radius 3 is 2.33 bits per heavy atom. The van der Waals surface area contributed by atoms with Gasteiger partial charge in [-0.15, -0.1) is 0 Å². The summed E-state index contributed by atoms with van der Waals surface area (Å²) in [6.45, 7) is 1.69. The Kier molecular flexibility index (Phi) is 3.72. The van der Waals surface area contributed by atoms with E-state index >= 15 is 0 Å². The molecule has 0 amide bonds. The average Bonchev–Trinajstić information content (AvgIpc) is 2.08. The Labute approximate surface area is 84.7 Å². The smallest absolute Gasteiger partial charge is 0.181 e. The van der Waals surface area contributed by atoms with Gasteiger partial charge < -0.3 is 20.1 Å². The molecule has 4 nitrogen and oxygen atoms in total. The Balaban J connectivity index is 2.63. The highest BCUT2D eigenvalue weighted by atomic mass is 127. The summed E-state index contributed by atoms with van der Waals surface area (Å²) >= 11 is 2.07. The zero-order valence-corrected chi connectivity index (χ0v) is 8.88. The number of halogens is 1. The molecule has 1 saturated heterocycles. The van der Waals surface area contributed by atoms with Crippen molar-refractivity contribution in [2.45, 2.75) is 31.5 Å². The molecule has 1 rings (SSSR count). The minimum absolute atomic E-state index is 0.339. The first-order valence-electron chi connectivity index (χ1n) is 3.83. The zero-order chi connectivity index (χ0) is 9.30. The lowest BCUT2D eigenvalue weighted by Crippen LogP contribution is -2.53. The van der Waals surface area contributed by atoms with Gasteiger partial charge in [-0.3, -0.25) is 0 Å². The summed E-state index contributed by atoms with van der Waals surface area (Å²) < 4.78 is 5.58. The molecule has 1 aliphatic heterocycles. The molecule has 0 saturated carbocycles. The lowest BCUT2D eigenvalue weighted by molar-refractivity contribution is -0.259. The number of hydrogen-bond acceptors (Lipinski definition) is 4. The van der Waals surface area contributed by atoms with Crippen molar-refractivity contribution in [3.8, 4) is 0 Å². The van der Waals surface area contributed by atoms with E-state index < -0.39 is 18.5 Å². The first kappa shape index (κ1) is 10.6. The molecule has 0 bridgehead atoms. The van der Waals surface area contributed by atoms with E-state index in [0.29, 0.717) is 4.43 Å². The SMILES string of the molecule is C[C@@H]1[C@@H](O)[C@@H](CI)OC(O)[C@H]1O. The van der Waals surface area contributed by atoms with Crippen molar-refractivity contribution in [1.29, 1.82) is 0 Å². The van der Waals surface area contributed by atoms with Gasteiger partial charge >= 0.3 is 0 Å². The Morgan fingerprint density at radius 2 is 1.83 bits per heavy atom. The summed E-state index contributed by atoms with van der Waals surface area (Å²) in [6, 6.07) is 0. The van der Waals surface area contributed by atoms with E-state index in [0.717, 1.165) is 0 Å². The summed E-state index contributed by atoms with van der Waals surface area (Å²) in [7, 11) is 0. The maximum Gasteiger partial charge on any atom is 0.181 e. The van der Waals surface area contributed by atoms with Gasteiger partial charge in [0, 0.05) is 10.3 Å². The van der Waals surface area contributed by atoms with Gasteiger partial charge in [-0.2, -0.15) is 0 Å². The van der Waals surface area contributed by atoms with Gasteiger partial charge in [0.1, 0.15) is 6.10 Å². The van der Waals surface area contributed by atoms with Gasteiger partial charge in [-0.05, 0) is 0 Å². The van der Waals surface area contributed by atoms with Crippen molar-refractivity contribution in [2.24, 2.45) is 5.92 Å². The largest absolute Gasteiger partial charge is 0.390 e. The topological polar surface area (TPSA) is 69.9 Å². The van der Waals surface area contributed by atoms with E-state index in [9.17, 15) is 15.3 Å². The molecule has 0 aromatic carbocycles. The fraction of sp³-hybridized carbons (Fsp3) is 1.00. The number of hydrogen-bond donors (Lipinski definition) is 3. The van der Waals surface area contributed by atoms with E-state index in [-0.39, 0.29) is 12.0 Å². The third-order valence-corrected chi connectivity index (χ3v) is 3.08. The van der Waals surface area contributed by atoms with Crippen LogP contribution in [-0.4, -0.2) is 44.3 Å². The number of aliphatic hydroxyl groups is 3. The van der Waals surface area contributed by atoms with Gasteiger partial charge in [0.2, 0.25) is 0 Å². The summed E-state index contributed by atoms with van der Waals surface area (Å²) in [5.74, 6) is -0.339. The van der Waals surface area contributed by atoms with E-state index in [1.165, 1.54) is 0 Å². The average molecular weight is 288 g/mol. The molecule has 0 spiro atoms. The summed E-state index contributed by atoms with van der Waals surface area (Å²) in [4.78, 5) is 0. The van der Waals surface area contributed by atoms with E-state index in [2.05, 4.69) is 22.6 Å². The first-order chi connectivity index (χ1) is 5.57. The highest BCUT2D eigenvalue weighted by Gasteiger charge is 2.40. The van der Waals surface area contributed by atoms with Gasteiger partial charge in [0.05, 0.1) is 12.2 Å². The third kappa shape index (κ3) is 1.90. The highest BCUT2D eigenvalue weighted by Crippen LogP contribution is 2.25. The fourth-order valence-corrected chi connectivity index (χ4v) is 2.00. The van der Waals surface area contributed by atoms with Crippen molar-refractivity contribution in [3.05, 3.63) is 0 Å². The maximum atomic E-state index is 9.52. The highest BCUT2D eigenvalue weighted by molar-refractivity contribution is 14.1. The number of rotatable bonds is 1. The summed E-state index contributed by atoms with van der Waals surface area (Å²) in [5.41, 5.74) is 0. The second kappa shape index (κ2) is 4.19. The summed E-state index contributed by atoms with van der Waals surface area (Å²) in [5, 5.41) is 28.0. The minimum Gasteiger partial charge on any atom is -0.390 e. The standard InChI is InChI=1S/C7H13IO4/c1-3-5(9)4(2-8)12-7(11)6(3)10/h3-7,9-11H,2H2,1H3/t3-,4-,5-,6+,7?/m1/s1. The second-order valence-electron chi connectivity index (χ2n) is 3.06. The number of ether oxygens (including phenoxy) is 1. The molecule has 1 heterocycles. The van der Waals surface area contributed by atoms with Crippen LogP contribution in [0.3, 0.4) is 0 Å². The number of alkyl halides is 1. The zero-order valence-electron chi connectivity index (χ0n) is 6.72. The molecule has 1 fully saturated rings. The Morgan fingerprint density at radius 1 is 1.25 bits per heavy atom. The minimum atomic E-state index is -1.16. The summed E-state index contributed by atoms with van der Waals surface area (Å²) in [6.07, 6.45) is -3.22. The van der Waals surface area contributed by atoms with Crippen molar-refractivity contribution in [2.75, 3.05) is 4.43 Å². The molecular weight excluding hydrogens is 275 g/mol. The predicted octanol–water partition coefficient (Wildman–Crippen LogP) is -0.503. The normalized spacial score (nSPS) is 49.2. The van der Waals surface area contributed by atoms with Crippen LogP contribution in [0.25, 0.3) is 0 Å². The third-order valence-electron chi connectivity index (χ3n) is 2.22. The van der Waals surface area contributed by atoms with Gasteiger partial charge in [-0.1, -0.05) is 29.5 Å². The molecule has 0 radical (unpaired) electrons. The molecule has 0 aliphatic carbocycles. The maximum absolute atomic E-state index is 9.52. The van der Waals surface area contributed by atoms with Crippen LogP contribution in [0.1, 0.15) is 6.92 Å². The van der Waals surface area contributed by atoms with Crippen LogP contribution in [0.15, 0.2) is 0 Å². The first-order valence-corrected chi connectivity index (χ1v) is 5.36. The molecule has 1 unspecified atom stereocenters. The second-order valence-corrected chi connectivity index (χ2v) is 3.94. The van der Waals surface area contributed by atoms with Gasteiger partial charge in [0.15, 0.2) is 6.29 Å². The Bertz CT molecular complexity index is 150. The predicted molar refractivity (Wildman–Crippen MR) is 50.9 cm³/mol. The van der Waals surface area contributed by atoms with Crippen molar-refractivity contribution < 1.29 is 20.1 Å². The van der Waals surface area contributed by atoms with Crippen molar-refractivity contribution >= 4 is 22.6 Å². The molecule has 5 heteroatoms. The van der Waals surface area contributed by atoms with Crippen molar-refractivity contribution in [3.63, 3.8) is 0 Å². The monoisotopic (exact) mass is 288 g/mol. The van der Waals surface area contributed by atoms with Gasteiger partial charge in [0.25, 0.3) is 0 Å². The number of aliphatic hydroxyl groups excluding tert-OH is 3. The van der Waals surface area contributed by atoms with Crippen LogP contribution >= 0.6 is 22.6 Å². The molecular formula is C7H13IO4. The lowest BCUT2D eigenvalue weighted by Gasteiger charge is -2.38. The van der Waals surface area contributed by atoms with E-state index in [4.69, 9.17) is 4.74 Å². The fourth-order valence-electron chi connectivity index (χ4n) is 1.27. The van der Waals surface area contributed by atoms with Crippen LogP contribution < -0.4 is 0 Å². The molecule has 3 N–H and O–H groups in total.